The van der Waals surface area contributed by atoms with Gasteiger partial charge in [-0.2, -0.15) is 0 Å². The fraction of sp³-hybridized carbons (Fsp3) is 0.511. The number of benzene rings is 2. The van der Waals surface area contributed by atoms with Crippen molar-refractivity contribution in [3.8, 4) is 11.5 Å². The molecule has 9 N–H and O–H groups in total. The standard InChI is InChI=1S/C29H38N4O9.C16H18N2O5S/c1-28(41)15-5-4-6-18(35)19(15)23(36)20-16(28)13-17-22(31(2)3)24(37)21(26(39)29(17,42)25(20)38)27(40)30-14-33-9-7-32(8-10-33)11-12-34;1-16(2)12(15(21)22)18-13(20)11(14(18)24-16)17-10(19)8-23-9-6-4-3-5-7-9/h4-6,16-17,22,34-36,39,41-42H,7-14H2,1-3H3,(H,30,40);3-7,11-12,14H,8H2,1-2H3,(H,17,19)(H,21,22). The van der Waals surface area contributed by atoms with Crippen LogP contribution in [0.5, 0.6) is 11.5 Å². The van der Waals surface area contributed by atoms with Crippen molar-refractivity contribution in [3.63, 3.8) is 0 Å². The largest absolute Gasteiger partial charge is 0.508 e. The van der Waals surface area contributed by atoms with E-state index in [0.29, 0.717) is 38.5 Å². The molecule has 20 nitrogen and oxygen atoms in total. The topological polar surface area (TPSA) is 290 Å². The molecule has 66 heavy (non-hydrogen) atoms. The lowest BCUT2D eigenvalue weighted by atomic mass is 9.54. The Morgan fingerprint density at radius 2 is 1.58 bits per heavy atom. The molecular weight excluding hydrogens is 881 g/mol. The fourth-order valence-electron chi connectivity index (χ4n) is 10.1. The van der Waals surface area contributed by atoms with Crippen molar-refractivity contribution in [1.82, 2.24) is 30.2 Å². The average Bonchev–Trinajstić information content (AvgIpc) is 3.53. The van der Waals surface area contributed by atoms with E-state index in [-0.39, 0.29) is 54.5 Å². The zero-order valence-electron chi connectivity index (χ0n) is 37.1. The number of aromatic hydroxyl groups is 1. The number of β-lactam (4-membered cyclic amide) rings is 1. The highest BCUT2D eigenvalue weighted by molar-refractivity contribution is 8.01. The molecule has 2 aromatic rings. The number of hydrogen-bond acceptors (Lipinski definition) is 17. The first-order valence-electron chi connectivity index (χ1n) is 21.5. The molecule has 8 rings (SSSR count). The number of Topliss-reactive ketones (excluding diaryl/α,β-unsaturated/α-hetero) is 2. The zero-order chi connectivity index (χ0) is 48.2. The molecule has 3 amide bonds. The van der Waals surface area contributed by atoms with Crippen molar-refractivity contribution in [2.24, 2.45) is 11.8 Å². The summed E-state index contributed by atoms with van der Waals surface area (Å²) >= 11 is 1.39. The van der Waals surface area contributed by atoms with Gasteiger partial charge < -0.3 is 56.0 Å². The second kappa shape index (κ2) is 18.3. The van der Waals surface area contributed by atoms with Crippen LogP contribution in [0.4, 0.5) is 0 Å². The minimum Gasteiger partial charge on any atom is -0.508 e. The third-order valence-corrected chi connectivity index (χ3v) is 15.0. The molecule has 8 unspecified atom stereocenters. The van der Waals surface area contributed by atoms with Gasteiger partial charge in [0, 0.05) is 54.9 Å². The summed E-state index contributed by atoms with van der Waals surface area (Å²) in [4.78, 5) is 83.8. The number of ketones is 2. The number of nitrogens with zero attached hydrogens (tertiary/aromatic N) is 4. The number of ether oxygens (including phenoxy) is 1. The number of carboxylic acid groups (broad SMARTS) is 1. The summed E-state index contributed by atoms with van der Waals surface area (Å²) in [6, 6.07) is 10.4. The molecule has 0 spiro atoms. The van der Waals surface area contributed by atoms with Crippen LogP contribution >= 0.6 is 11.8 Å². The molecule has 0 bridgehead atoms. The molecule has 3 heterocycles. The number of aliphatic hydroxyl groups is 5. The number of phenolic OH excluding ortho intramolecular Hbond substituents is 1. The maximum Gasteiger partial charge on any atom is 0.327 e. The third-order valence-electron chi connectivity index (χ3n) is 13.5. The van der Waals surface area contributed by atoms with Gasteiger partial charge in [0.25, 0.3) is 11.8 Å². The number of fused-ring (bicyclic) bond motifs is 4. The molecular formula is C45H56N6O14S. The SMILES string of the molecule is CC1(C)SC2C(NC(=O)COc3ccccc3)C(=O)N2C1C(=O)O.CN(C)C1C(=O)C(C(=O)NCN2CCN(CCO)CC2)=C(O)C2(O)C(=O)C3=C(O)c4c(O)cccc4C(C)(O)C3CC12. The van der Waals surface area contributed by atoms with Gasteiger partial charge in [-0.05, 0) is 65.0 Å². The minimum atomic E-state index is -2.76. The number of nitrogens with one attached hydrogen (secondary N) is 2. The molecule has 3 saturated heterocycles. The van der Waals surface area contributed by atoms with Crippen LogP contribution in [-0.4, -0.2) is 191 Å². The molecule has 4 fully saturated rings. The molecule has 1 saturated carbocycles. The van der Waals surface area contributed by atoms with Gasteiger partial charge in [0.1, 0.15) is 46.0 Å². The van der Waals surface area contributed by atoms with Crippen LogP contribution in [0.25, 0.3) is 5.76 Å². The first-order chi connectivity index (χ1) is 31.1. The molecule has 0 aromatic heterocycles. The number of hydrogen-bond donors (Lipinski definition) is 9. The zero-order valence-corrected chi connectivity index (χ0v) is 37.9. The Morgan fingerprint density at radius 3 is 2.20 bits per heavy atom. The lowest BCUT2D eigenvalue weighted by Crippen LogP contribution is -2.70. The van der Waals surface area contributed by atoms with Crippen molar-refractivity contribution in [2.45, 2.75) is 66.6 Å². The van der Waals surface area contributed by atoms with E-state index in [4.69, 9.17) is 9.84 Å². The summed E-state index contributed by atoms with van der Waals surface area (Å²) < 4.78 is 4.74. The van der Waals surface area contributed by atoms with Crippen LogP contribution in [0.1, 0.15) is 38.3 Å². The monoisotopic (exact) mass is 936 g/mol. The number of carboxylic acids is 1. The van der Waals surface area contributed by atoms with E-state index in [1.807, 2.05) is 11.0 Å². The minimum absolute atomic E-state index is 0.0442. The van der Waals surface area contributed by atoms with Gasteiger partial charge in [-0.3, -0.25) is 38.7 Å². The summed E-state index contributed by atoms with van der Waals surface area (Å²) in [5.74, 6) is -8.62. The number of aliphatic hydroxyl groups excluding tert-OH is 3. The number of para-hydroxylation sites is 1. The number of phenols is 1. The van der Waals surface area contributed by atoms with Crippen molar-refractivity contribution >= 4 is 52.8 Å². The maximum atomic E-state index is 14.1. The highest BCUT2D eigenvalue weighted by Gasteiger charge is 2.67. The van der Waals surface area contributed by atoms with Gasteiger partial charge in [0.2, 0.25) is 11.7 Å². The Morgan fingerprint density at radius 1 is 0.924 bits per heavy atom. The lowest BCUT2D eigenvalue weighted by Gasteiger charge is -2.53. The van der Waals surface area contributed by atoms with Gasteiger partial charge in [0.15, 0.2) is 18.0 Å². The normalized spacial score (nSPS) is 30.3. The predicted molar refractivity (Wildman–Crippen MR) is 237 cm³/mol. The van der Waals surface area contributed by atoms with Gasteiger partial charge in [-0.1, -0.05) is 30.3 Å². The summed E-state index contributed by atoms with van der Waals surface area (Å²) in [5.41, 5.74) is -5.68. The maximum absolute atomic E-state index is 14.1. The molecule has 3 aliphatic carbocycles. The van der Waals surface area contributed by atoms with Gasteiger partial charge >= 0.3 is 5.97 Å². The number of amides is 3. The van der Waals surface area contributed by atoms with Crippen LogP contribution in [0, 0.1) is 11.8 Å². The second-order valence-corrected chi connectivity index (χ2v) is 20.0. The third kappa shape index (κ3) is 8.30. The van der Waals surface area contributed by atoms with Crippen molar-refractivity contribution in [3.05, 3.63) is 76.6 Å². The Hall–Kier alpha value is -5.55. The summed E-state index contributed by atoms with van der Waals surface area (Å²) in [5, 5.41) is 80.1. The summed E-state index contributed by atoms with van der Waals surface area (Å²) in [6.45, 7) is 7.97. The Bertz CT molecular complexity index is 2370. The average molecular weight is 937 g/mol. The van der Waals surface area contributed by atoms with Gasteiger partial charge in [-0.25, -0.2) is 4.79 Å². The van der Waals surface area contributed by atoms with Crippen LogP contribution in [0.2, 0.25) is 0 Å². The van der Waals surface area contributed by atoms with E-state index in [1.54, 1.807) is 52.2 Å². The quantitative estimate of drug-likeness (QED) is 0.102. The van der Waals surface area contributed by atoms with Crippen LogP contribution in [-0.2, 0) is 34.4 Å². The molecule has 21 heteroatoms. The Kier molecular flexibility index (Phi) is 13.4. The number of thioether (sulfide) groups is 1. The number of piperazine rings is 1. The summed E-state index contributed by atoms with van der Waals surface area (Å²) in [7, 11) is 3.10. The van der Waals surface area contributed by atoms with E-state index in [2.05, 4.69) is 15.5 Å². The molecule has 6 aliphatic rings. The molecule has 8 atom stereocenters. The first-order valence-corrected chi connectivity index (χ1v) is 22.4. The number of likely N-dealkylation sites (N-methyl/N-ethyl adjacent to an activating group) is 1. The van der Waals surface area contributed by atoms with Crippen LogP contribution in [0.3, 0.4) is 0 Å². The molecule has 3 aliphatic heterocycles. The van der Waals surface area contributed by atoms with E-state index in [1.165, 1.54) is 46.7 Å². The number of β-amino-alcohol motifs (C(OH)–C–C–N with tert-alkyl or cyclic N) is 1. The number of aliphatic carboxylic acids is 1. The Balaban J connectivity index is 0.000000228. The second-order valence-electron chi connectivity index (χ2n) is 18.2. The number of carbonyl (C=O) groups excluding carboxylic acids is 5. The molecule has 0 radical (unpaired) electrons. The Labute approximate surface area is 384 Å². The highest BCUT2D eigenvalue weighted by atomic mass is 32.2. The van der Waals surface area contributed by atoms with Crippen molar-refractivity contribution in [2.75, 3.05) is 66.7 Å². The predicted octanol–water partition coefficient (Wildman–Crippen LogP) is -0.476. The molecule has 356 valence electrons. The first kappa shape index (κ1) is 48.4. The summed E-state index contributed by atoms with van der Waals surface area (Å²) in [6.07, 6.45) is -0.199. The van der Waals surface area contributed by atoms with Crippen molar-refractivity contribution in [1.29, 1.82) is 0 Å². The van der Waals surface area contributed by atoms with Gasteiger partial charge in [-0.15, -0.1) is 11.8 Å². The van der Waals surface area contributed by atoms with E-state index >= 15 is 0 Å². The lowest BCUT2D eigenvalue weighted by molar-refractivity contribution is -0.161. The smallest absolute Gasteiger partial charge is 0.327 e. The van der Waals surface area contributed by atoms with Crippen molar-refractivity contribution < 1.29 is 69.2 Å². The highest BCUT2D eigenvalue weighted by Crippen LogP contribution is 2.57. The van der Waals surface area contributed by atoms with Crippen LogP contribution < -0.4 is 15.4 Å². The number of rotatable bonds is 11. The number of carbonyl (C=O) groups is 6. The van der Waals surface area contributed by atoms with Gasteiger partial charge in [0.05, 0.1) is 30.5 Å². The van der Waals surface area contributed by atoms with E-state index < -0.39 is 97.9 Å². The van der Waals surface area contributed by atoms with E-state index in [0.717, 1.165) is 0 Å². The van der Waals surface area contributed by atoms with Crippen LogP contribution in [0.15, 0.2) is 65.4 Å². The fourth-order valence-corrected chi connectivity index (χ4v) is 11.7. The molecule has 2 aromatic carbocycles. The van der Waals surface area contributed by atoms with E-state index in [9.17, 15) is 59.4 Å².